The van der Waals surface area contributed by atoms with Crippen LogP contribution >= 0.6 is 11.8 Å². The van der Waals surface area contributed by atoms with Gasteiger partial charge in [-0.25, -0.2) is 17.5 Å². The number of aryl methyl sites for hydroxylation is 1. The molecule has 0 aliphatic heterocycles. The molecule has 0 fully saturated rings. The lowest BCUT2D eigenvalue weighted by molar-refractivity contribution is 0.560. The van der Waals surface area contributed by atoms with Gasteiger partial charge in [-0.15, -0.1) is 0 Å². The second-order valence-electron chi connectivity index (χ2n) is 5.16. The molecule has 0 amide bonds. The van der Waals surface area contributed by atoms with Crippen LogP contribution in [0, 0.1) is 18.7 Å². The Morgan fingerprint density at radius 3 is 2.62 bits per heavy atom. The van der Waals surface area contributed by atoms with Gasteiger partial charge in [-0.1, -0.05) is 6.92 Å². The molecule has 0 bridgehead atoms. The fraction of sp³-hybridized carbons (Fsp3) is 0.571. The van der Waals surface area contributed by atoms with Crippen LogP contribution in [0.3, 0.4) is 0 Å². The van der Waals surface area contributed by atoms with Gasteiger partial charge in [-0.3, -0.25) is 0 Å². The van der Waals surface area contributed by atoms with Crippen LogP contribution in [0.1, 0.15) is 18.1 Å². The zero-order valence-corrected chi connectivity index (χ0v) is 14.5. The van der Waals surface area contributed by atoms with Crippen molar-refractivity contribution in [1.29, 1.82) is 0 Å². The number of rotatable bonds is 8. The van der Waals surface area contributed by atoms with Gasteiger partial charge in [0, 0.05) is 18.7 Å². The van der Waals surface area contributed by atoms with Crippen molar-refractivity contribution in [1.82, 2.24) is 10.0 Å². The van der Waals surface area contributed by atoms with Crippen LogP contribution in [0.5, 0.6) is 0 Å². The van der Waals surface area contributed by atoms with Crippen molar-refractivity contribution in [3.8, 4) is 0 Å². The number of hydrogen-bond acceptors (Lipinski definition) is 4. The van der Waals surface area contributed by atoms with Gasteiger partial charge in [-0.2, -0.15) is 11.8 Å². The Morgan fingerprint density at radius 2 is 2.05 bits per heavy atom. The number of nitrogens with one attached hydrogen (secondary N) is 2. The van der Waals surface area contributed by atoms with Crippen LogP contribution in [-0.4, -0.2) is 34.0 Å². The summed E-state index contributed by atoms with van der Waals surface area (Å²) in [6, 6.07) is 2.76. The van der Waals surface area contributed by atoms with E-state index < -0.39 is 10.0 Å². The fourth-order valence-electron chi connectivity index (χ4n) is 1.96. The van der Waals surface area contributed by atoms with Gasteiger partial charge >= 0.3 is 0 Å². The van der Waals surface area contributed by atoms with Crippen molar-refractivity contribution in [2.45, 2.75) is 25.3 Å². The molecule has 0 radical (unpaired) electrons. The first-order valence-corrected chi connectivity index (χ1v) is 9.61. The summed E-state index contributed by atoms with van der Waals surface area (Å²) in [5, 5.41) is 2.84. The monoisotopic (exact) mass is 334 g/mol. The van der Waals surface area contributed by atoms with Crippen LogP contribution in [-0.2, 0) is 16.6 Å². The predicted molar refractivity (Wildman–Crippen MR) is 86.6 cm³/mol. The first-order chi connectivity index (χ1) is 9.81. The van der Waals surface area contributed by atoms with Gasteiger partial charge in [0.25, 0.3) is 0 Å². The second-order valence-corrected chi connectivity index (χ2v) is 7.83. The molecule has 2 N–H and O–H groups in total. The first-order valence-electron chi connectivity index (χ1n) is 6.74. The SMILES string of the molecule is CNCc1cc(S(=O)(=O)NCC(C)CSC)cc(C)c1F. The minimum Gasteiger partial charge on any atom is -0.316 e. The summed E-state index contributed by atoms with van der Waals surface area (Å²) in [4.78, 5) is 0.114. The minimum atomic E-state index is -3.61. The molecule has 0 heterocycles. The molecule has 0 aliphatic rings. The molecule has 1 atom stereocenters. The molecule has 120 valence electrons. The summed E-state index contributed by atoms with van der Waals surface area (Å²) < 4.78 is 41.1. The topological polar surface area (TPSA) is 58.2 Å². The molecular weight excluding hydrogens is 311 g/mol. The number of halogens is 1. The zero-order chi connectivity index (χ0) is 16.0. The predicted octanol–water partition coefficient (Wildman–Crippen LogP) is 2.13. The quantitative estimate of drug-likeness (QED) is 0.765. The maximum absolute atomic E-state index is 13.9. The highest BCUT2D eigenvalue weighted by molar-refractivity contribution is 7.98. The summed E-state index contributed by atoms with van der Waals surface area (Å²) in [7, 11) is -1.91. The lowest BCUT2D eigenvalue weighted by Crippen LogP contribution is -2.29. The molecule has 21 heavy (non-hydrogen) atoms. The smallest absolute Gasteiger partial charge is 0.240 e. The highest BCUT2D eigenvalue weighted by Crippen LogP contribution is 2.19. The Bertz CT molecular complexity index is 577. The van der Waals surface area contributed by atoms with Crippen LogP contribution < -0.4 is 10.0 Å². The Balaban J connectivity index is 2.97. The summed E-state index contributed by atoms with van der Waals surface area (Å²) in [5.74, 6) is 0.767. The standard InChI is InChI=1S/C14H23FN2O2S2/c1-10(9-20-4)7-17-21(18,19)13-5-11(2)14(15)12(6-13)8-16-3/h5-6,10,16-17H,7-9H2,1-4H3. The Hall–Kier alpha value is -0.630. The number of thioether (sulfide) groups is 1. The number of benzene rings is 1. The lowest BCUT2D eigenvalue weighted by Gasteiger charge is -2.14. The Morgan fingerprint density at radius 1 is 1.38 bits per heavy atom. The highest BCUT2D eigenvalue weighted by atomic mass is 32.2. The number of sulfonamides is 1. The van der Waals surface area contributed by atoms with E-state index in [-0.39, 0.29) is 16.6 Å². The average Bonchev–Trinajstić information content (AvgIpc) is 2.42. The molecule has 0 saturated carbocycles. The van der Waals surface area contributed by atoms with E-state index in [1.807, 2.05) is 13.2 Å². The van der Waals surface area contributed by atoms with Gasteiger partial charge in [0.15, 0.2) is 0 Å². The summed E-state index contributed by atoms with van der Waals surface area (Å²) >= 11 is 1.68. The molecule has 0 spiro atoms. The van der Waals surface area contributed by atoms with E-state index in [0.717, 1.165) is 5.75 Å². The maximum atomic E-state index is 13.9. The van der Waals surface area contributed by atoms with Crippen molar-refractivity contribution >= 4 is 21.8 Å². The minimum absolute atomic E-state index is 0.114. The molecule has 0 aliphatic carbocycles. The highest BCUT2D eigenvalue weighted by Gasteiger charge is 2.18. The van der Waals surface area contributed by atoms with E-state index in [1.165, 1.54) is 12.1 Å². The summed E-state index contributed by atoms with van der Waals surface area (Å²) in [5.41, 5.74) is 0.690. The van der Waals surface area contributed by atoms with Crippen LogP contribution in [0.2, 0.25) is 0 Å². The zero-order valence-electron chi connectivity index (χ0n) is 12.9. The third kappa shape index (κ3) is 5.25. The Kier molecular flexibility index (Phi) is 7.12. The Labute approximate surface area is 131 Å². The van der Waals surface area contributed by atoms with Gasteiger partial charge in [-0.05, 0) is 49.6 Å². The normalized spacial score (nSPS) is 13.4. The molecule has 0 aromatic heterocycles. The summed E-state index contributed by atoms with van der Waals surface area (Å²) in [6.45, 7) is 4.23. The van der Waals surface area contributed by atoms with Crippen molar-refractivity contribution < 1.29 is 12.8 Å². The van der Waals surface area contributed by atoms with Gasteiger partial charge < -0.3 is 5.32 Å². The van der Waals surface area contributed by atoms with Crippen LogP contribution in [0.4, 0.5) is 4.39 Å². The van der Waals surface area contributed by atoms with Crippen molar-refractivity contribution in [3.05, 3.63) is 29.1 Å². The number of hydrogen-bond donors (Lipinski definition) is 2. The van der Waals surface area contributed by atoms with Crippen LogP contribution in [0.25, 0.3) is 0 Å². The molecular formula is C14H23FN2O2S2. The lowest BCUT2D eigenvalue weighted by atomic mass is 10.1. The maximum Gasteiger partial charge on any atom is 0.240 e. The molecule has 4 nitrogen and oxygen atoms in total. The van der Waals surface area contributed by atoms with E-state index in [2.05, 4.69) is 10.0 Å². The molecule has 1 aromatic rings. The first kappa shape index (κ1) is 18.4. The third-order valence-electron chi connectivity index (χ3n) is 3.05. The summed E-state index contributed by atoms with van der Waals surface area (Å²) in [6.07, 6.45) is 1.98. The van der Waals surface area contributed by atoms with Gasteiger partial charge in [0.05, 0.1) is 4.90 Å². The van der Waals surface area contributed by atoms with Crippen LogP contribution in [0.15, 0.2) is 17.0 Å². The van der Waals surface area contributed by atoms with Crippen molar-refractivity contribution in [3.63, 3.8) is 0 Å². The van der Waals surface area contributed by atoms with E-state index in [0.29, 0.717) is 24.2 Å². The second kappa shape index (κ2) is 8.12. The van der Waals surface area contributed by atoms with E-state index in [1.54, 1.807) is 25.7 Å². The van der Waals surface area contributed by atoms with E-state index >= 15 is 0 Å². The largest absolute Gasteiger partial charge is 0.316 e. The van der Waals surface area contributed by atoms with E-state index in [4.69, 9.17) is 0 Å². The third-order valence-corrected chi connectivity index (χ3v) is 5.36. The van der Waals surface area contributed by atoms with Gasteiger partial charge in [0.1, 0.15) is 5.82 Å². The molecule has 1 aromatic carbocycles. The average molecular weight is 334 g/mol. The molecule has 7 heteroatoms. The van der Waals surface area contributed by atoms with Gasteiger partial charge in [0.2, 0.25) is 10.0 Å². The molecule has 0 saturated heterocycles. The van der Waals surface area contributed by atoms with Crippen molar-refractivity contribution in [2.24, 2.45) is 5.92 Å². The fourth-order valence-corrected chi connectivity index (χ4v) is 3.95. The van der Waals surface area contributed by atoms with Crippen molar-refractivity contribution in [2.75, 3.05) is 25.6 Å². The molecule has 1 unspecified atom stereocenters. The van der Waals surface area contributed by atoms with E-state index in [9.17, 15) is 12.8 Å². The molecule has 1 rings (SSSR count).